The molecule has 0 saturated carbocycles. The van der Waals surface area contributed by atoms with Gasteiger partial charge in [0.15, 0.2) is 5.82 Å². The van der Waals surface area contributed by atoms with Crippen LogP contribution in [0.4, 0.5) is 0 Å². The molecule has 0 saturated heterocycles. The minimum Gasteiger partial charge on any atom is -0.392 e. The predicted molar refractivity (Wildman–Crippen MR) is 74.8 cm³/mol. The first kappa shape index (κ1) is 14.4. The van der Waals surface area contributed by atoms with Gasteiger partial charge in [0.2, 0.25) is 11.8 Å². The Kier molecular flexibility index (Phi) is 4.65. The van der Waals surface area contributed by atoms with E-state index in [1.807, 2.05) is 11.4 Å². The summed E-state index contributed by atoms with van der Waals surface area (Å²) in [5.74, 6) is 0.803. The van der Waals surface area contributed by atoms with E-state index in [0.29, 0.717) is 11.7 Å². The molecule has 7 heteroatoms. The van der Waals surface area contributed by atoms with Gasteiger partial charge >= 0.3 is 0 Å². The summed E-state index contributed by atoms with van der Waals surface area (Å²) in [6.07, 6.45) is 3.21. The minimum absolute atomic E-state index is 0.00863. The fourth-order valence-corrected chi connectivity index (χ4v) is 2.33. The largest absolute Gasteiger partial charge is 0.392 e. The first-order chi connectivity index (χ1) is 9.58. The summed E-state index contributed by atoms with van der Waals surface area (Å²) in [7, 11) is 1.67. The number of hydrogen-bond acceptors (Lipinski definition) is 6. The van der Waals surface area contributed by atoms with E-state index in [4.69, 9.17) is 9.63 Å². The van der Waals surface area contributed by atoms with Crippen LogP contribution in [0, 0.1) is 6.92 Å². The van der Waals surface area contributed by atoms with Gasteiger partial charge in [-0.3, -0.25) is 4.79 Å². The number of aromatic nitrogens is 2. The van der Waals surface area contributed by atoms with Gasteiger partial charge in [0, 0.05) is 18.0 Å². The van der Waals surface area contributed by atoms with E-state index in [-0.39, 0.29) is 19.1 Å². The number of likely N-dealkylation sites (N-methyl/N-ethyl adjacent to an activating group) is 1. The van der Waals surface area contributed by atoms with Crippen molar-refractivity contribution < 1.29 is 14.4 Å². The number of aliphatic hydroxyl groups excluding tert-OH is 1. The summed E-state index contributed by atoms with van der Waals surface area (Å²) in [6, 6.07) is 1.84. The maximum absolute atomic E-state index is 11.9. The number of amides is 1. The Morgan fingerprint density at radius 1 is 1.60 bits per heavy atom. The lowest BCUT2D eigenvalue weighted by Gasteiger charge is -2.11. The molecule has 2 aromatic heterocycles. The number of carbonyl (C=O) groups is 1. The lowest BCUT2D eigenvalue weighted by atomic mass is 10.3. The first-order valence-corrected chi connectivity index (χ1v) is 6.87. The topological polar surface area (TPSA) is 79.5 Å². The van der Waals surface area contributed by atoms with Crippen molar-refractivity contribution >= 4 is 23.3 Å². The second kappa shape index (κ2) is 6.44. The Bertz CT molecular complexity index is 618. The monoisotopic (exact) mass is 293 g/mol. The maximum Gasteiger partial charge on any atom is 0.246 e. The third-order valence-corrected chi connectivity index (χ3v) is 3.51. The van der Waals surface area contributed by atoms with Gasteiger partial charge in [-0.25, -0.2) is 0 Å². The van der Waals surface area contributed by atoms with E-state index >= 15 is 0 Å². The van der Waals surface area contributed by atoms with Crippen molar-refractivity contribution in [1.82, 2.24) is 15.0 Å². The molecule has 0 fully saturated rings. The standard InChI is InChI=1S/C13H15N3O3S/c1-9-14-12(19-15-9)6-16(2)13(18)4-3-11-5-10(7-17)8-20-11/h3-5,8,17H,6-7H2,1-2H3. The summed E-state index contributed by atoms with van der Waals surface area (Å²) in [5, 5.41) is 14.5. The summed E-state index contributed by atoms with van der Waals surface area (Å²) >= 11 is 1.48. The van der Waals surface area contributed by atoms with E-state index in [2.05, 4.69) is 10.1 Å². The Morgan fingerprint density at radius 2 is 2.40 bits per heavy atom. The van der Waals surface area contributed by atoms with Crippen LogP contribution in [-0.4, -0.2) is 33.1 Å². The SMILES string of the molecule is Cc1noc(CN(C)C(=O)C=Cc2cc(CO)cs2)n1. The molecule has 0 bridgehead atoms. The highest BCUT2D eigenvalue weighted by Gasteiger charge is 2.10. The second-order valence-electron chi connectivity index (χ2n) is 4.28. The zero-order valence-corrected chi connectivity index (χ0v) is 12.1. The van der Waals surface area contributed by atoms with Crippen LogP contribution >= 0.6 is 11.3 Å². The van der Waals surface area contributed by atoms with Gasteiger partial charge in [-0.15, -0.1) is 11.3 Å². The molecular weight excluding hydrogens is 278 g/mol. The molecular formula is C13H15N3O3S. The molecule has 0 radical (unpaired) electrons. The van der Waals surface area contributed by atoms with Crippen molar-refractivity contribution in [3.05, 3.63) is 39.7 Å². The fraction of sp³-hybridized carbons (Fsp3) is 0.308. The third-order valence-electron chi connectivity index (χ3n) is 2.57. The van der Waals surface area contributed by atoms with Crippen molar-refractivity contribution in [2.75, 3.05) is 7.05 Å². The minimum atomic E-state index is -0.153. The quantitative estimate of drug-likeness (QED) is 0.847. The maximum atomic E-state index is 11.9. The molecule has 2 rings (SSSR count). The highest BCUT2D eigenvalue weighted by atomic mass is 32.1. The summed E-state index contributed by atoms with van der Waals surface area (Å²) in [4.78, 5) is 18.4. The van der Waals surface area contributed by atoms with Crippen molar-refractivity contribution in [3.8, 4) is 0 Å². The van der Waals surface area contributed by atoms with Gasteiger partial charge in [0.25, 0.3) is 0 Å². The lowest BCUT2D eigenvalue weighted by Crippen LogP contribution is -2.24. The fourth-order valence-electron chi connectivity index (χ4n) is 1.53. The molecule has 0 spiro atoms. The van der Waals surface area contributed by atoms with Crippen LogP contribution in [0.2, 0.25) is 0 Å². The second-order valence-corrected chi connectivity index (χ2v) is 5.22. The molecule has 0 aliphatic rings. The molecule has 0 aliphatic heterocycles. The zero-order valence-electron chi connectivity index (χ0n) is 11.2. The summed E-state index contributed by atoms with van der Waals surface area (Å²) < 4.78 is 4.96. The molecule has 2 aromatic rings. The third kappa shape index (κ3) is 3.75. The number of hydrogen-bond donors (Lipinski definition) is 1. The molecule has 1 amide bonds. The average Bonchev–Trinajstić information content (AvgIpc) is 3.04. The lowest BCUT2D eigenvalue weighted by molar-refractivity contribution is -0.125. The Balaban J connectivity index is 1.93. The first-order valence-electron chi connectivity index (χ1n) is 5.99. The normalized spacial score (nSPS) is 11.2. The van der Waals surface area contributed by atoms with E-state index < -0.39 is 0 Å². The van der Waals surface area contributed by atoms with E-state index in [0.717, 1.165) is 10.4 Å². The highest BCUT2D eigenvalue weighted by molar-refractivity contribution is 7.11. The van der Waals surface area contributed by atoms with Crippen LogP contribution < -0.4 is 0 Å². The Hall–Kier alpha value is -1.99. The van der Waals surface area contributed by atoms with Crippen molar-refractivity contribution in [1.29, 1.82) is 0 Å². The number of carbonyl (C=O) groups excluding carboxylic acids is 1. The molecule has 106 valence electrons. The molecule has 6 nitrogen and oxygen atoms in total. The van der Waals surface area contributed by atoms with Crippen LogP contribution in [0.3, 0.4) is 0 Å². The molecule has 20 heavy (non-hydrogen) atoms. The van der Waals surface area contributed by atoms with Gasteiger partial charge in [-0.1, -0.05) is 5.16 Å². The van der Waals surface area contributed by atoms with Gasteiger partial charge in [0.05, 0.1) is 13.2 Å². The number of rotatable bonds is 5. The van der Waals surface area contributed by atoms with Crippen molar-refractivity contribution in [3.63, 3.8) is 0 Å². The molecule has 0 atom stereocenters. The van der Waals surface area contributed by atoms with Gasteiger partial charge < -0.3 is 14.5 Å². The van der Waals surface area contributed by atoms with E-state index in [1.165, 1.54) is 22.3 Å². The van der Waals surface area contributed by atoms with Crippen LogP contribution in [0.5, 0.6) is 0 Å². The number of aryl methyl sites for hydroxylation is 1. The predicted octanol–water partition coefficient (Wildman–Crippen LogP) is 1.60. The Labute approximate surface area is 120 Å². The zero-order chi connectivity index (χ0) is 14.5. The van der Waals surface area contributed by atoms with Crippen LogP contribution in [0.25, 0.3) is 6.08 Å². The van der Waals surface area contributed by atoms with Gasteiger partial charge in [-0.2, -0.15) is 4.98 Å². The molecule has 0 unspecified atom stereocenters. The highest BCUT2D eigenvalue weighted by Crippen LogP contribution is 2.16. The van der Waals surface area contributed by atoms with Gasteiger partial charge in [0.1, 0.15) is 0 Å². The van der Waals surface area contributed by atoms with Crippen molar-refractivity contribution in [2.24, 2.45) is 0 Å². The summed E-state index contributed by atoms with van der Waals surface area (Å²) in [6.45, 7) is 2.01. The number of thiophene rings is 1. The molecule has 1 N–H and O–H groups in total. The summed E-state index contributed by atoms with van der Waals surface area (Å²) in [5.41, 5.74) is 0.844. The molecule has 2 heterocycles. The molecule has 0 aromatic carbocycles. The number of nitrogens with zero attached hydrogens (tertiary/aromatic N) is 3. The van der Waals surface area contributed by atoms with Crippen LogP contribution in [0.1, 0.15) is 22.2 Å². The van der Waals surface area contributed by atoms with Crippen LogP contribution in [0.15, 0.2) is 22.0 Å². The van der Waals surface area contributed by atoms with E-state index in [1.54, 1.807) is 20.0 Å². The van der Waals surface area contributed by atoms with Gasteiger partial charge in [-0.05, 0) is 30.0 Å². The van der Waals surface area contributed by atoms with Crippen LogP contribution in [-0.2, 0) is 17.9 Å². The number of aliphatic hydroxyl groups is 1. The van der Waals surface area contributed by atoms with Crippen molar-refractivity contribution in [2.45, 2.75) is 20.1 Å². The average molecular weight is 293 g/mol. The van der Waals surface area contributed by atoms with E-state index in [9.17, 15) is 4.79 Å². The molecule has 0 aliphatic carbocycles. The smallest absolute Gasteiger partial charge is 0.246 e. The Morgan fingerprint density at radius 3 is 3.00 bits per heavy atom.